The van der Waals surface area contributed by atoms with Crippen molar-refractivity contribution in [3.05, 3.63) is 10.4 Å². The number of hydrogen-bond acceptors (Lipinski definition) is 6. The third-order valence-corrected chi connectivity index (χ3v) is 3.36. The van der Waals surface area contributed by atoms with E-state index >= 15 is 0 Å². The van der Waals surface area contributed by atoms with Gasteiger partial charge in [0.15, 0.2) is 17.9 Å². The van der Waals surface area contributed by atoms with Crippen LogP contribution in [0.3, 0.4) is 0 Å². The van der Waals surface area contributed by atoms with E-state index in [-0.39, 0.29) is 18.8 Å². The Morgan fingerprint density at radius 2 is 1.86 bits per heavy atom. The molecule has 1 unspecified atom stereocenters. The third-order valence-electron chi connectivity index (χ3n) is 3.36. The topological polar surface area (TPSA) is 94.9 Å². The molecule has 4 atom stereocenters. The van der Waals surface area contributed by atoms with Crippen LogP contribution in [0.4, 0.5) is 0 Å². The minimum absolute atomic E-state index is 0.154. The number of azide groups is 1. The van der Waals surface area contributed by atoms with Crippen LogP contribution in [0, 0.1) is 0 Å². The standard InChI is InChI=1S/C13H23N3O5/c1-8-9(6-15-16-14)18-11-10(20-13(4,5)21-11)7-17-12(2,3)19-8/h8-11H,6-7H2,1-5H3/t8-,9?,10+,11-/m1/s1. The van der Waals surface area contributed by atoms with Crippen molar-refractivity contribution in [2.45, 2.75) is 70.8 Å². The first kappa shape index (κ1) is 16.5. The molecule has 0 radical (unpaired) electrons. The van der Waals surface area contributed by atoms with Crippen molar-refractivity contribution in [3.8, 4) is 0 Å². The second-order valence-corrected chi connectivity index (χ2v) is 6.16. The van der Waals surface area contributed by atoms with Gasteiger partial charge in [-0.25, -0.2) is 0 Å². The Bertz CT molecular complexity index is 422. The number of ether oxygens (including phenoxy) is 5. The Balaban J connectivity index is 2.20. The smallest absolute Gasteiger partial charge is 0.189 e. The molecule has 2 fully saturated rings. The molecule has 0 N–H and O–H groups in total. The number of nitrogens with zero attached hydrogens (tertiary/aromatic N) is 3. The van der Waals surface area contributed by atoms with Gasteiger partial charge in [-0.2, -0.15) is 0 Å². The van der Waals surface area contributed by atoms with E-state index in [0.29, 0.717) is 6.61 Å². The molecule has 0 saturated carbocycles. The fourth-order valence-electron chi connectivity index (χ4n) is 2.46. The van der Waals surface area contributed by atoms with Crippen LogP contribution in [-0.4, -0.2) is 49.3 Å². The second kappa shape index (κ2) is 6.08. The summed E-state index contributed by atoms with van der Waals surface area (Å²) in [5, 5.41) is 3.59. The van der Waals surface area contributed by atoms with Gasteiger partial charge in [-0.15, -0.1) is 0 Å². The Kier molecular flexibility index (Phi) is 4.77. The van der Waals surface area contributed by atoms with Gasteiger partial charge in [0.2, 0.25) is 0 Å². The van der Waals surface area contributed by atoms with Crippen LogP contribution in [-0.2, 0) is 23.7 Å². The zero-order valence-electron chi connectivity index (χ0n) is 13.1. The highest BCUT2D eigenvalue weighted by Gasteiger charge is 2.46. The zero-order chi connectivity index (χ0) is 15.7. The summed E-state index contributed by atoms with van der Waals surface area (Å²) < 4.78 is 29.1. The molecule has 2 heterocycles. The van der Waals surface area contributed by atoms with Crippen molar-refractivity contribution in [2.24, 2.45) is 5.11 Å². The van der Waals surface area contributed by atoms with Crippen LogP contribution in [0.15, 0.2) is 5.11 Å². The maximum Gasteiger partial charge on any atom is 0.189 e. The summed E-state index contributed by atoms with van der Waals surface area (Å²) in [7, 11) is 0. The molecule has 8 nitrogen and oxygen atoms in total. The molecular weight excluding hydrogens is 278 g/mol. The van der Waals surface area contributed by atoms with Crippen molar-refractivity contribution >= 4 is 0 Å². The van der Waals surface area contributed by atoms with Gasteiger partial charge < -0.3 is 23.7 Å². The molecule has 2 saturated heterocycles. The summed E-state index contributed by atoms with van der Waals surface area (Å²) in [5.74, 6) is -1.53. The lowest BCUT2D eigenvalue weighted by molar-refractivity contribution is -0.263. The molecule has 0 aromatic heterocycles. The highest BCUT2D eigenvalue weighted by atomic mass is 16.8. The molecule has 0 aromatic carbocycles. The highest BCUT2D eigenvalue weighted by Crippen LogP contribution is 2.33. The molecule has 120 valence electrons. The Hall–Kier alpha value is -0.890. The van der Waals surface area contributed by atoms with E-state index in [9.17, 15) is 0 Å². The first-order chi connectivity index (χ1) is 9.72. The van der Waals surface area contributed by atoms with E-state index in [2.05, 4.69) is 10.0 Å². The SMILES string of the molecule is C[C@H]1OC(C)(C)OC[C@@H]2OC(C)(C)O[C@H]2OC1CN=[N+]=[N-]. The van der Waals surface area contributed by atoms with Gasteiger partial charge in [0.05, 0.1) is 25.4 Å². The van der Waals surface area contributed by atoms with Crippen LogP contribution in [0.1, 0.15) is 34.6 Å². The molecular formula is C13H23N3O5. The average Bonchev–Trinajstić information content (AvgIpc) is 2.66. The molecule has 2 aliphatic rings. The lowest BCUT2D eigenvalue weighted by Crippen LogP contribution is -2.40. The predicted octanol–water partition coefficient (Wildman–Crippen LogP) is 2.33. The Morgan fingerprint density at radius 3 is 2.52 bits per heavy atom. The van der Waals surface area contributed by atoms with Gasteiger partial charge in [-0.1, -0.05) is 5.11 Å². The summed E-state index contributed by atoms with van der Waals surface area (Å²) in [6, 6.07) is 0. The Morgan fingerprint density at radius 1 is 1.14 bits per heavy atom. The first-order valence-corrected chi connectivity index (χ1v) is 7.06. The van der Waals surface area contributed by atoms with Crippen LogP contribution >= 0.6 is 0 Å². The monoisotopic (exact) mass is 301 g/mol. The maximum absolute atomic E-state index is 8.52. The molecule has 0 spiro atoms. The van der Waals surface area contributed by atoms with Crippen LogP contribution in [0.2, 0.25) is 0 Å². The molecule has 2 aliphatic heterocycles. The molecule has 0 bridgehead atoms. The fourth-order valence-corrected chi connectivity index (χ4v) is 2.46. The van der Waals surface area contributed by atoms with Gasteiger partial charge in [0.1, 0.15) is 6.10 Å². The van der Waals surface area contributed by atoms with Gasteiger partial charge in [0, 0.05) is 4.91 Å². The molecule has 0 amide bonds. The second-order valence-electron chi connectivity index (χ2n) is 6.16. The lowest BCUT2D eigenvalue weighted by Gasteiger charge is -2.31. The van der Waals surface area contributed by atoms with E-state index < -0.39 is 24.0 Å². The van der Waals surface area contributed by atoms with Crippen molar-refractivity contribution in [1.29, 1.82) is 0 Å². The maximum atomic E-state index is 8.52. The van der Waals surface area contributed by atoms with E-state index in [0.717, 1.165) is 0 Å². The normalized spacial score (nSPS) is 38.5. The van der Waals surface area contributed by atoms with Crippen molar-refractivity contribution < 1.29 is 23.7 Å². The largest absolute Gasteiger partial charge is 0.348 e. The minimum atomic E-state index is -0.789. The van der Waals surface area contributed by atoms with Crippen LogP contribution in [0.5, 0.6) is 0 Å². The van der Waals surface area contributed by atoms with Gasteiger partial charge >= 0.3 is 0 Å². The van der Waals surface area contributed by atoms with Crippen molar-refractivity contribution in [2.75, 3.05) is 13.2 Å². The van der Waals surface area contributed by atoms with Crippen LogP contribution in [0.25, 0.3) is 10.4 Å². The van der Waals surface area contributed by atoms with Crippen molar-refractivity contribution in [1.82, 2.24) is 0 Å². The molecule has 2 rings (SSSR count). The highest BCUT2D eigenvalue weighted by molar-refractivity contribution is 4.82. The summed E-state index contributed by atoms with van der Waals surface area (Å²) in [6.07, 6.45) is -1.70. The molecule has 21 heavy (non-hydrogen) atoms. The lowest BCUT2D eigenvalue weighted by atomic mass is 10.2. The zero-order valence-corrected chi connectivity index (χ0v) is 13.1. The number of rotatable bonds is 2. The Labute approximate surface area is 124 Å². The van der Waals surface area contributed by atoms with Gasteiger partial charge in [0.25, 0.3) is 0 Å². The predicted molar refractivity (Wildman–Crippen MR) is 73.3 cm³/mol. The van der Waals surface area contributed by atoms with Crippen LogP contribution < -0.4 is 0 Å². The van der Waals surface area contributed by atoms with E-state index in [1.165, 1.54) is 0 Å². The number of hydrogen-bond donors (Lipinski definition) is 0. The fraction of sp³-hybridized carbons (Fsp3) is 1.00. The molecule has 8 heteroatoms. The molecule has 0 aromatic rings. The van der Waals surface area contributed by atoms with Crippen molar-refractivity contribution in [3.63, 3.8) is 0 Å². The summed E-state index contributed by atoms with van der Waals surface area (Å²) in [6.45, 7) is 9.60. The van der Waals surface area contributed by atoms with Gasteiger partial charge in [-0.05, 0) is 40.1 Å². The number of fused-ring (bicyclic) bond motifs is 1. The summed E-state index contributed by atoms with van der Waals surface area (Å²) in [5.41, 5.74) is 8.52. The quantitative estimate of drug-likeness (QED) is 0.443. The summed E-state index contributed by atoms with van der Waals surface area (Å²) in [4.78, 5) is 2.78. The first-order valence-electron chi connectivity index (χ1n) is 7.06. The van der Waals surface area contributed by atoms with E-state index in [4.69, 9.17) is 29.2 Å². The van der Waals surface area contributed by atoms with E-state index in [1.54, 1.807) is 0 Å². The summed E-state index contributed by atoms with van der Waals surface area (Å²) >= 11 is 0. The van der Waals surface area contributed by atoms with E-state index in [1.807, 2.05) is 34.6 Å². The minimum Gasteiger partial charge on any atom is -0.348 e. The van der Waals surface area contributed by atoms with Gasteiger partial charge in [-0.3, -0.25) is 0 Å². The molecule has 0 aliphatic carbocycles. The average molecular weight is 301 g/mol. The third kappa shape index (κ3) is 4.29.